The number of furan rings is 1. The molecule has 1 aromatic heterocycles. The second kappa shape index (κ2) is 5.17. The number of para-hydroxylation sites is 1. The zero-order valence-corrected chi connectivity index (χ0v) is 10.5. The Bertz CT molecular complexity index is 728. The van der Waals surface area contributed by atoms with Crippen LogP contribution in [0.4, 0.5) is 4.39 Å². The summed E-state index contributed by atoms with van der Waals surface area (Å²) in [7, 11) is 0. The first kappa shape index (κ1) is 12.4. The van der Waals surface area contributed by atoms with Crippen molar-refractivity contribution in [2.75, 3.05) is 0 Å². The number of esters is 1. The van der Waals surface area contributed by atoms with Gasteiger partial charge in [0.1, 0.15) is 23.8 Å². The lowest BCUT2D eigenvalue weighted by Crippen LogP contribution is -2.06. The Morgan fingerprint density at radius 1 is 1.10 bits per heavy atom. The largest absolute Gasteiger partial charge is 0.457 e. The van der Waals surface area contributed by atoms with Crippen LogP contribution in [0.25, 0.3) is 11.0 Å². The Morgan fingerprint density at radius 3 is 2.65 bits per heavy atom. The normalized spacial score (nSPS) is 10.7. The molecule has 0 unspecified atom stereocenters. The average Bonchev–Trinajstić information content (AvgIpc) is 2.88. The van der Waals surface area contributed by atoms with Gasteiger partial charge in [0.25, 0.3) is 0 Å². The molecule has 0 spiro atoms. The van der Waals surface area contributed by atoms with Crippen LogP contribution in [0.5, 0.6) is 0 Å². The van der Waals surface area contributed by atoms with E-state index in [2.05, 4.69) is 0 Å². The van der Waals surface area contributed by atoms with Crippen molar-refractivity contribution in [2.45, 2.75) is 6.61 Å². The van der Waals surface area contributed by atoms with E-state index in [1.807, 2.05) is 24.3 Å². The summed E-state index contributed by atoms with van der Waals surface area (Å²) in [5.41, 5.74) is 0.646. The van der Waals surface area contributed by atoms with E-state index in [-0.39, 0.29) is 12.2 Å². The minimum atomic E-state index is -0.705. The topological polar surface area (TPSA) is 39.4 Å². The first-order valence-electron chi connectivity index (χ1n) is 6.13. The van der Waals surface area contributed by atoms with Gasteiger partial charge in [-0.2, -0.15) is 0 Å². The maximum Gasteiger partial charge on any atom is 0.341 e. The van der Waals surface area contributed by atoms with E-state index < -0.39 is 11.8 Å². The molecule has 100 valence electrons. The highest BCUT2D eigenvalue weighted by atomic mass is 19.1. The molecule has 0 amide bonds. The molecule has 1 heterocycles. The highest BCUT2D eigenvalue weighted by Crippen LogP contribution is 2.19. The fraction of sp³-hybridized carbons (Fsp3) is 0.0625. The van der Waals surface area contributed by atoms with Gasteiger partial charge in [-0.25, -0.2) is 9.18 Å². The van der Waals surface area contributed by atoms with Gasteiger partial charge in [0.05, 0.1) is 5.56 Å². The van der Waals surface area contributed by atoms with Gasteiger partial charge in [0.2, 0.25) is 0 Å². The molecule has 2 aromatic carbocycles. The number of carbonyl (C=O) groups excluding carboxylic acids is 1. The van der Waals surface area contributed by atoms with Gasteiger partial charge in [-0.05, 0) is 24.3 Å². The number of hydrogen-bond acceptors (Lipinski definition) is 3. The molecule has 0 atom stereocenters. The van der Waals surface area contributed by atoms with Crippen LogP contribution in [-0.2, 0) is 11.3 Å². The molecule has 3 nitrogen and oxygen atoms in total. The summed E-state index contributed by atoms with van der Waals surface area (Å²) >= 11 is 0. The minimum Gasteiger partial charge on any atom is -0.457 e. The van der Waals surface area contributed by atoms with Crippen molar-refractivity contribution < 1.29 is 18.3 Å². The van der Waals surface area contributed by atoms with E-state index in [1.54, 1.807) is 12.1 Å². The lowest BCUT2D eigenvalue weighted by Gasteiger charge is -2.03. The fourth-order valence-corrected chi connectivity index (χ4v) is 1.95. The Labute approximate surface area is 114 Å². The summed E-state index contributed by atoms with van der Waals surface area (Å²) < 4.78 is 24.0. The molecule has 0 radical (unpaired) electrons. The number of carbonyl (C=O) groups is 1. The molecular formula is C16H11FO3. The van der Waals surface area contributed by atoms with E-state index in [0.29, 0.717) is 5.76 Å². The first-order chi connectivity index (χ1) is 9.74. The van der Waals surface area contributed by atoms with Crippen LogP contribution in [0.3, 0.4) is 0 Å². The molecule has 0 saturated heterocycles. The molecule has 20 heavy (non-hydrogen) atoms. The van der Waals surface area contributed by atoms with Crippen molar-refractivity contribution in [3.8, 4) is 0 Å². The summed E-state index contributed by atoms with van der Waals surface area (Å²) in [6.07, 6.45) is 0. The van der Waals surface area contributed by atoms with Crippen LogP contribution in [0.15, 0.2) is 59.0 Å². The quantitative estimate of drug-likeness (QED) is 0.677. The number of ether oxygens (including phenoxy) is 1. The third-order valence-corrected chi connectivity index (χ3v) is 2.92. The lowest BCUT2D eigenvalue weighted by molar-refractivity contribution is 0.0442. The number of hydrogen-bond donors (Lipinski definition) is 0. The van der Waals surface area contributed by atoms with Crippen molar-refractivity contribution in [3.63, 3.8) is 0 Å². The van der Waals surface area contributed by atoms with Gasteiger partial charge in [-0.15, -0.1) is 0 Å². The molecule has 0 N–H and O–H groups in total. The van der Waals surface area contributed by atoms with Gasteiger partial charge in [0, 0.05) is 5.39 Å². The molecule has 0 aliphatic heterocycles. The average molecular weight is 270 g/mol. The monoisotopic (exact) mass is 270 g/mol. The third-order valence-electron chi connectivity index (χ3n) is 2.92. The van der Waals surface area contributed by atoms with Crippen molar-refractivity contribution >= 4 is 16.9 Å². The Balaban J connectivity index is 1.73. The van der Waals surface area contributed by atoms with Crippen molar-refractivity contribution in [1.29, 1.82) is 0 Å². The molecule has 0 saturated carbocycles. The third kappa shape index (κ3) is 2.40. The van der Waals surface area contributed by atoms with Crippen LogP contribution < -0.4 is 0 Å². The van der Waals surface area contributed by atoms with Crippen LogP contribution in [0.2, 0.25) is 0 Å². The smallest absolute Gasteiger partial charge is 0.341 e. The van der Waals surface area contributed by atoms with Crippen LogP contribution >= 0.6 is 0 Å². The molecule has 0 aliphatic rings. The number of fused-ring (bicyclic) bond motifs is 1. The van der Waals surface area contributed by atoms with Crippen LogP contribution in [-0.4, -0.2) is 5.97 Å². The highest BCUT2D eigenvalue weighted by molar-refractivity contribution is 5.89. The fourth-order valence-electron chi connectivity index (χ4n) is 1.95. The SMILES string of the molecule is O=C(OCc1cc2ccccc2o1)c1ccccc1F. The van der Waals surface area contributed by atoms with E-state index in [9.17, 15) is 9.18 Å². The van der Waals surface area contributed by atoms with Crippen LogP contribution in [0, 0.1) is 5.82 Å². The van der Waals surface area contributed by atoms with Crippen molar-refractivity contribution in [3.05, 3.63) is 71.7 Å². The van der Waals surface area contributed by atoms with Crippen molar-refractivity contribution in [2.24, 2.45) is 0 Å². The summed E-state index contributed by atoms with van der Waals surface area (Å²) in [6, 6.07) is 15.0. The molecule has 0 fully saturated rings. The number of rotatable bonds is 3. The molecule has 3 aromatic rings. The Kier molecular flexibility index (Phi) is 3.21. The molecular weight excluding hydrogens is 259 g/mol. The van der Waals surface area contributed by atoms with E-state index in [4.69, 9.17) is 9.15 Å². The number of benzene rings is 2. The van der Waals surface area contributed by atoms with Gasteiger partial charge < -0.3 is 9.15 Å². The van der Waals surface area contributed by atoms with Crippen LogP contribution in [0.1, 0.15) is 16.1 Å². The number of halogens is 1. The standard InChI is InChI=1S/C16H11FO3/c17-14-7-3-2-6-13(14)16(18)19-10-12-9-11-5-1-4-8-15(11)20-12/h1-9H,10H2. The van der Waals surface area contributed by atoms with Gasteiger partial charge in [-0.3, -0.25) is 0 Å². The predicted octanol–water partition coefficient (Wildman–Crippen LogP) is 3.93. The zero-order chi connectivity index (χ0) is 13.9. The van der Waals surface area contributed by atoms with Gasteiger partial charge in [0.15, 0.2) is 0 Å². The first-order valence-corrected chi connectivity index (χ1v) is 6.13. The summed E-state index contributed by atoms with van der Waals surface area (Å²) in [4.78, 5) is 11.8. The zero-order valence-electron chi connectivity index (χ0n) is 10.5. The van der Waals surface area contributed by atoms with Gasteiger partial charge >= 0.3 is 5.97 Å². The summed E-state index contributed by atoms with van der Waals surface area (Å²) in [5, 5.41) is 0.935. The summed E-state index contributed by atoms with van der Waals surface area (Å²) in [5.74, 6) is -0.776. The molecule has 4 heteroatoms. The highest BCUT2D eigenvalue weighted by Gasteiger charge is 2.13. The minimum absolute atomic E-state index is 0.0259. The Hall–Kier alpha value is -2.62. The Morgan fingerprint density at radius 2 is 1.85 bits per heavy atom. The second-order valence-corrected chi connectivity index (χ2v) is 4.31. The maximum absolute atomic E-state index is 13.4. The van der Waals surface area contributed by atoms with E-state index in [1.165, 1.54) is 18.2 Å². The van der Waals surface area contributed by atoms with Crippen molar-refractivity contribution in [1.82, 2.24) is 0 Å². The summed E-state index contributed by atoms with van der Waals surface area (Å²) in [6.45, 7) is -0.0259. The molecule has 0 aliphatic carbocycles. The van der Waals surface area contributed by atoms with Gasteiger partial charge in [-0.1, -0.05) is 30.3 Å². The maximum atomic E-state index is 13.4. The van der Waals surface area contributed by atoms with E-state index >= 15 is 0 Å². The molecule has 3 rings (SSSR count). The predicted molar refractivity (Wildman–Crippen MR) is 71.7 cm³/mol. The second-order valence-electron chi connectivity index (χ2n) is 4.31. The molecule has 0 bridgehead atoms. The van der Waals surface area contributed by atoms with E-state index in [0.717, 1.165) is 11.0 Å². The lowest BCUT2D eigenvalue weighted by atomic mass is 10.2.